The molecule has 1 aromatic heterocycles. The van der Waals surface area contributed by atoms with E-state index in [1.165, 1.54) is 18.2 Å². The van der Waals surface area contributed by atoms with Gasteiger partial charge in [0.25, 0.3) is 5.19 Å². The number of ether oxygens (including phenoxy) is 1. The quantitative estimate of drug-likeness (QED) is 0.634. The first kappa shape index (κ1) is 12.3. The van der Waals surface area contributed by atoms with Gasteiger partial charge in [0.1, 0.15) is 5.82 Å². The zero-order valence-electron chi connectivity index (χ0n) is 9.58. The molecule has 1 aromatic carbocycles. The number of nitrogens with zero attached hydrogens (tertiary/aromatic N) is 3. The summed E-state index contributed by atoms with van der Waals surface area (Å²) in [7, 11) is 0. The zero-order valence-corrected chi connectivity index (χ0v) is 11.1. The molecule has 2 aromatic rings. The Bertz CT molecular complexity index is 642. The van der Waals surface area contributed by atoms with Gasteiger partial charge < -0.3 is 4.74 Å². The van der Waals surface area contributed by atoms with Gasteiger partial charge in [0.05, 0.1) is 4.92 Å². The van der Waals surface area contributed by atoms with Gasteiger partial charge in [-0.1, -0.05) is 11.6 Å². The van der Waals surface area contributed by atoms with Crippen molar-refractivity contribution >= 4 is 28.8 Å². The topological polar surface area (TPSA) is 78.2 Å². The lowest BCUT2D eigenvalue weighted by molar-refractivity contribution is -0.385. The van der Waals surface area contributed by atoms with Gasteiger partial charge in [-0.2, -0.15) is 9.36 Å². The van der Waals surface area contributed by atoms with Crippen LogP contribution in [0.1, 0.15) is 24.6 Å². The molecule has 0 atom stereocenters. The van der Waals surface area contributed by atoms with Gasteiger partial charge in [0.15, 0.2) is 0 Å². The Morgan fingerprint density at radius 2 is 2.26 bits per heavy atom. The molecule has 98 valence electrons. The van der Waals surface area contributed by atoms with E-state index < -0.39 is 4.92 Å². The van der Waals surface area contributed by atoms with Crippen molar-refractivity contribution in [2.75, 3.05) is 0 Å². The fourth-order valence-electron chi connectivity index (χ4n) is 1.58. The Balaban J connectivity index is 1.87. The van der Waals surface area contributed by atoms with Crippen molar-refractivity contribution in [3.63, 3.8) is 0 Å². The van der Waals surface area contributed by atoms with Gasteiger partial charge in [-0.3, -0.25) is 10.1 Å². The molecular formula is C11H8ClN3O3S. The number of aromatic nitrogens is 2. The molecule has 1 fully saturated rings. The first-order valence-electron chi connectivity index (χ1n) is 5.59. The molecule has 1 heterocycles. The van der Waals surface area contributed by atoms with Crippen LogP contribution in [-0.4, -0.2) is 14.3 Å². The molecule has 1 aliphatic rings. The first-order valence-corrected chi connectivity index (χ1v) is 6.74. The van der Waals surface area contributed by atoms with E-state index in [1.54, 1.807) is 0 Å². The van der Waals surface area contributed by atoms with Gasteiger partial charge in [-0.25, -0.2) is 0 Å². The van der Waals surface area contributed by atoms with Gasteiger partial charge in [0, 0.05) is 28.5 Å². The lowest BCUT2D eigenvalue weighted by Crippen LogP contribution is -1.93. The maximum atomic E-state index is 10.9. The maximum absolute atomic E-state index is 10.9. The van der Waals surface area contributed by atoms with Crippen molar-refractivity contribution in [1.29, 1.82) is 0 Å². The minimum atomic E-state index is -0.538. The molecule has 0 N–H and O–H groups in total. The van der Waals surface area contributed by atoms with E-state index in [2.05, 4.69) is 9.36 Å². The van der Waals surface area contributed by atoms with Crippen LogP contribution in [0.5, 0.6) is 10.9 Å². The van der Waals surface area contributed by atoms with Crippen LogP contribution in [0.2, 0.25) is 5.02 Å². The Hall–Kier alpha value is -1.73. The van der Waals surface area contributed by atoms with Crippen LogP contribution in [0.25, 0.3) is 0 Å². The molecule has 0 bridgehead atoms. The molecule has 0 unspecified atom stereocenters. The van der Waals surface area contributed by atoms with E-state index in [0.29, 0.717) is 11.1 Å². The summed E-state index contributed by atoms with van der Waals surface area (Å²) in [5, 5.41) is 11.5. The van der Waals surface area contributed by atoms with Gasteiger partial charge in [-0.05, 0) is 25.0 Å². The number of benzene rings is 1. The third-order valence-electron chi connectivity index (χ3n) is 2.68. The van der Waals surface area contributed by atoms with Crippen molar-refractivity contribution in [3.8, 4) is 10.9 Å². The summed E-state index contributed by atoms with van der Waals surface area (Å²) < 4.78 is 9.61. The predicted molar refractivity (Wildman–Crippen MR) is 70.1 cm³/mol. The smallest absolute Gasteiger partial charge is 0.313 e. The Morgan fingerprint density at radius 3 is 2.95 bits per heavy atom. The van der Waals surface area contributed by atoms with Crippen LogP contribution >= 0.6 is 23.1 Å². The number of nitro benzene ring substituents is 1. The molecule has 8 heteroatoms. The van der Waals surface area contributed by atoms with E-state index in [-0.39, 0.29) is 16.5 Å². The third-order valence-corrected chi connectivity index (χ3v) is 3.52. The normalized spacial score (nSPS) is 14.4. The van der Waals surface area contributed by atoms with E-state index in [9.17, 15) is 10.1 Å². The molecule has 0 aliphatic heterocycles. The van der Waals surface area contributed by atoms with Crippen molar-refractivity contribution in [2.24, 2.45) is 0 Å². The summed E-state index contributed by atoms with van der Waals surface area (Å²) >= 11 is 6.83. The summed E-state index contributed by atoms with van der Waals surface area (Å²) in [4.78, 5) is 14.6. The van der Waals surface area contributed by atoms with Gasteiger partial charge in [-0.15, -0.1) is 0 Å². The zero-order chi connectivity index (χ0) is 13.4. The lowest BCUT2D eigenvalue weighted by atomic mass is 10.3. The van der Waals surface area contributed by atoms with Crippen LogP contribution in [-0.2, 0) is 0 Å². The standard InChI is InChI=1S/C11H8ClN3O3S/c12-7-3-4-9(8(5-7)15(16)17)18-11-13-10(14-19-11)6-1-2-6/h3-6H,1-2H2. The molecule has 1 aliphatic carbocycles. The summed E-state index contributed by atoms with van der Waals surface area (Å²) in [6.07, 6.45) is 2.19. The average molecular weight is 298 g/mol. The van der Waals surface area contributed by atoms with Crippen molar-refractivity contribution < 1.29 is 9.66 Å². The van der Waals surface area contributed by atoms with Crippen molar-refractivity contribution in [1.82, 2.24) is 9.36 Å². The molecule has 19 heavy (non-hydrogen) atoms. The number of hydrogen-bond donors (Lipinski definition) is 0. The summed E-state index contributed by atoms with van der Waals surface area (Å²) in [6, 6.07) is 4.24. The summed E-state index contributed by atoms with van der Waals surface area (Å²) in [5.74, 6) is 1.30. The highest BCUT2D eigenvalue weighted by Crippen LogP contribution is 2.41. The largest absolute Gasteiger partial charge is 0.422 e. The third kappa shape index (κ3) is 2.66. The minimum Gasteiger partial charge on any atom is -0.422 e. The second-order valence-electron chi connectivity index (χ2n) is 4.16. The molecule has 3 rings (SSSR count). The van der Waals surface area contributed by atoms with Gasteiger partial charge >= 0.3 is 5.69 Å². The van der Waals surface area contributed by atoms with Crippen LogP contribution in [0.15, 0.2) is 18.2 Å². The van der Waals surface area contributed by atoms with E-state index >= 15 is 0 Å². The molecule has 0 radical (unpaired) electrons. The minimum absolute atomic E-state index is 0.118. The number of hydrogen-bond acceptors (Lipinski definition) is 6. The fraction of sp³-hybridized carbons (Fsp3) is 0.273. The number of rotatable bonds is 4. The number of halogens is 1. The van der Waals surface area contributed by atoms with E-state index in [1.807, 2.05) is 0 Å². The van der Waals surface area contributed by atoms with Crippen LogP contribution in [0.4, 0.5) is 5.69 Å². The molecule has 0 spiro atoms. The highest BCUT2D eigenvalue weighted by Gasteiger charge is 2.28. The average Bonchev–Trinajstić information content (AvgIpc) is 3.12. The first-order chi connectivity index (χ1) is 9.13. The maximum Gasteiger partial charge on any atom is 0.313 e. The molecule has 0 amide bonds. The fourth-order valence-corrected chi connectivity index (χ4v) is 2.37. The van der Waals surface area contributed by atoms with Crippen molar-refractivity contribution in [2.45, 2.75) is 18.8 Å². The predicted octanol–water partition coefficient (Wildman–Crippen LogP) is 3.77. The summed E-state index contributed by atoms with van der Waals surface area (Å²) in [6.45, 7) is 0. The monoisotopic (exact) mass is 297 g/mol. The highest BCUT2D eigenvalue weighted by atomic mass is 35.5. The Kier molecular flexibility index (Phi) is 3.08. The van der Waals surface area contributed by atoms with Crippen LogP contribution in [0.3, 0.4) is 0 Å². The van der Waals surface area contributed by atoms with Gasteiger partial charge in [0.2, 0.25) is 5.75 Å². The van der Waals surface area contributed by atoms with E-state index in [0.717, 1.165) is 30.2 Å². The molecule has 0 saturated heterocycles. The van der Waals surface area contributed by atoms with Crippen molar-refractivity contribution in [3.05, 3.63) is 39.2 Å². The second kappa shape index (κ2) is 4.75. The van der Waals surface area contributed by atoms with Crippen LogP contribution in [0, 0.1) is 10.1 Å². The summed E-state index contributed by atoms with van der Waals surface area (Å²) in [5.41, 5.74) is -0.185. The molecular weight excluding hydrogens is 290 g/mol. The SMILES string of the molecule is O=[N+]([O-])c1cc(Cl)ccc1Oc1nc(C2CC2)ns1. The molecule has 6 nitrogen and oxygen atoms in total. The lowest BCUT2D eigenvalue weighted by Gasteiger charge is -2.02. The molecule has 1 saturated carbocycles. The Morgan fingerprint density at radius 1 is 1.47 bits per heavy atom. The number of nitro groups is 1. The Labute approximate surface area is 117 Å². The van der Waals surface area contributed by atoms with E-state index in [4.69, 9.17) is 16.3 Å². The van der Waals surface area contributed by atoms with Crippen LogP contribution < -0.4 is 4.74 Å². The second-order valence-corrected chi connectivity index (χ2v) is 5.31. The highest BCUT2D eigenvalue weighted by molar-refractivity contribution is 7.07.